The van der Waals surface area contributed by atoms with Crippen molar-refractivity contribution in [1.82, 2.24) is 0 Å². The summed E-state index contributed by atoms with van der Waals surface area (Å²) in [5.74, 6) is -1.25. The van der Waals surface area contributed by atoms with E-state index >= 15 is 0 Å². The minimum Gasteiger partial charge on any atom is -0.469 e. The number of aliphatic hydroxyl groups excluding tert-OH is 1. The van der Waals surface area contributed by atoms with Gasteiger partial charge < -0.3 is 9.84 Å². The zero-order chi connectivity index (χ0) is 13.0. The van der Waals surface area contributed by atoms with Gasteiger partial charge in [-0.15, -0.1) is 0 Å². The van der Waals surface area contributed by atoms with Crippen LogP contribution in [0.2, 0.25) is 0 Å². The molecule has 0 aliphatic heterocycles. The van der Waals surface area contributed by atoms with Crippen LogP contribution in [0.5, 0.6) is 0 Å². The normalized spacial score (nSPS) is 14.2. The predicted octanol–water partition coefficient (Wildman–Crippen LogP) is 2.82. The topological polar surface area (TPSA) is 46.5 Å². The predicted molar refractivity (Wildman–Crippen MR) is 64.9 cm³/mol. The number of halogens is 2. The molecule has 0 amide bonds. The molecule has 0 saturated carbocycles. The summed E-state index contributed by atoms with van der Waals surface area (Å²) in [4.78, 5) is 11.2. The fourth-order valence-electron chi connectivity index (χ4n) is 1.49. The Balaban J connectivity index is 2.72. The van der Waals surface area contributed by atoms with E-state index in [0.29, 0.717) is 10.0 Å². The molecule has 5 heteroatoms. The van der Waals surface area contributed by atoms with Crippen LogP contribution in [0.1, 0.15) is 25.0 Å². The zero-order valence-corrected chi connectivity index (χ0v) is 11.2. The third-order valence-electron chi connectivity index (χ3n) is 2.51. The van der Waals surface area contributed by atoms with E-state index in [9.17, 15) is 14.3 Å². The minimum absolute atomic E-state index is 0.202. The SMILES string of the molecule is COC(=O)C(C)CC(O)c1ccc(Br)c(F)c1. The average molecular weight is 305 g/mol. The summed E-state index contributed by atoms with van der Waals surface area (Å²) in [5.41, 5.74) is 0.446. The molecule has 0 radical (unpaired) electrons. The van der Waals surface area contributed by atoms with Crippen LogP contribution in [-0.2, 0) is 9.53 Å². The first-order valence-electron chi connectivity index (χ1n) is 5.16. The number of methoxy groups -OCH3 is 1. The summed E-state index contributed by atoms with van der Waals surface area (Å²) in [5, 5.41) is 9.86. The molecule has 0 saturated heterocycles. The number of rotatable bonds is 4. The Morgan fingerprint density at radius 2 is 2.24 bits per heavy atom. The first-order valence-corrected chi connectivity index (χ1v) is 5.95. The van der Waals surface area contributed by atoms with Crippen LogP contribution in [0.15, 0.2) is 22.7 Å². The number of esters is 1. The van der Waals surface area contributed by atoms with Crippen molar-refractivity contribution in [1.29, 1.82) is 0 Å². The van der Waals surface area contributed by atoms with E-state index in [1.54, 1.807) is 13.0 Å². The van der Waals surface area contributed by atoms with Crippen molar-refractivity contribution in [3.8, 4) is 0 Å². The highest BCUT2D eigenvalue weighted by atomic mass is 79.9. The molecule has 0 aliphatic rings. The second-order valence-electron chi connectivity index (χ2n) is 3.85. The summed E-state index contributed by atoms with van der Waals surface area (Å²) in [6.45, 7) is 1.66. The van der Waals surface area contributed by atoms with Crippen molar-refractivity contribution in [3.63, 3.8) is 0 Å². The molecule has 1 rings (SSSR count). The van der Waals surface area contributed by atoms with Gasteiger partial charge in [0.05, 0.1) is 23.6 Å². The molecule has 0 heterocycles. The second-order valence-corrected chi connectivity index (χ2v) is 4.70. The van der Waals surface area contributed by atoms with E-state index in [4.69, 9.17) is 0 Å². The molecule has 0 spiro atoms. The number of aliphatic hydroxyl groups is 1. The van der Waals surface area contributed by atoms with Crippen LogP contribution in [-0.4, -0.2) is 18.2 Å². The highest BCUT2D eigenvalue weighted by molar-refractivity contribution is 9.10. The third-order valence-corrected chi connectivity index (χ3v) is 3.15. The van der Waals surface area contributed by atoms with Gasteiger partial charge in [-0.25, -0.2) is 4.39 Å². The first kappa shape index (κ1) is 14.1. The lowest BCUT2D eigenvalue weighted by Gasteiger charge is -2.15. The Morgan fingerprint density at radius 1 is 1.59 bits per heavy atom. The van der Waals surface area contributed by atoms with Crippen LogP contribution >= 0.6 is 15.9 Å². The van der Waals surface area contributed by atoms with Gasteiger partial charge in [-0.2, -0.15) is 0 Å². The quantitative estimate of drug-likeness (QED) is 0.870. The fourth-order valence-corrected chi connectivity index (χ4v) is 1.73. The largest absolute Gasteiger partial charge is 0.469 e. The number of carbonyl (C=O) groups excluding carboxylic acids is 1. The van der Waals surface area contributed by atoms with Crippen LogP contribution in [0, 0.1) is 11.7 Å². The van der Waals surface area contributed by atoms with Crippen molar-refractivity contribution in [2.24, 2.45) is 5.92 Å². The zero-order valence-electron chi connectivity index (χ0n) is 9.61. The molecule has 3 nitrogen and oxygen atoms in total. The number of hydrogen-bond donors (Lipinski definition) is 1. The van der Waals surface area contributed by atoms with Gasteiger partial charge in [0.25, 0.3) is 0 Å². The number of hydrogen-bond acceptors (Lipinski definition) is 3. The first-order chi connectivity index (χ1) is 7.95. The van der Waals surface area contributed by atoms with E-state index in [1.165, 1.54) is 19.2 Å². The van der Waals surface area contributed by atoms with Gasteiger partial charge in [0.2, 0.25) is 0 Å². The maximum atomic E-state index is 13.3. The standard InChI is InChI=1S/C12H14BrFO3/c1-7(12(16)17-2)5-11(15)8-3-4-9(13)10(14)6-8/h3-4,6-7,11,15H,5H2,1-2H3. The Kier molecular flexibility index (Phi) is 5.08. The van der Waals surface area contributed by atoms with Crippen LogP contribution in [0.3, 0.4) is 0 Å². The van der Waals surface area contributed by atoms with E-state index in [2.05, 4.69) is 20.7 Å². The van der Waals surface area contributed by atoms with Gasteiger partial charge in [0, 0.05) is 0 Å². The highest BCUT2D eigenvalue weighted by Gasteiger charge is 2.19. The van der Waals surface area contributed by atoms with Gasteiger partial charge >= 0.3 is 5.97 Å². The molecular formula is C12H14BrFO3. The lowest BCUT2D eigenvalue weighted by Crippen LogP contribution is -2.16. The van der Waals surface area contributed by atoms with Crippen molar-refractivity contribution in [3.05, 3.63) is 34.1 Å². The molecule has 1 aromatic carbocycles. The number of benzene rings is 1. The van der Waals surface area contributed by atoms with Gasteiger partial charge in [-0.3, -0.25) is 4.79 Å². The summed E-state index contributed by atoms with van der Waals surface area (Å²) in [6, 6.07) is 4.39. The maximum Gasteiger partial charge on any atom is 0.308 e. The molecule has 2 unspecified atom stereocenters. The van der Waals surface area contributed by atoms with Crippen LogP contribution < -0.4 is 0 Å². The molecule has 2 atom stereocenters. The molecule has 1 aromatic rings. The van der Waals surface area contributed by atoms with Crippen molar-refractivity contribution in [2.45, 2.75) is 19.4 Å². The summed E-state index contributed by atoms with van der Waals surface area (Å²) in [7, 11) is 1.30. The fraction of sp³-hybridized carbons (Fsp3) is 0.417. The van der Waals surface area contributed by atoms with Gasteiger partial charge in [0.15, 0.2) is 0 Å². The van der Waals surface area contributed by atoms with E-state index in [-0.39, 0.29) is 12.4 Å². The third kappa shape index (κ3) is 3.78. The molecule has 0 aromatic heterocycles. The molecule has 0 fully saturated rings. The van der Waals surface area contributed by atoms with Gasteiger partial charge in [0.1, 0.15) is 5.82 Å². The molecular weight excluding hydrogens is 291 g/mol. The van der Waals surface area contributed by atoms with Crippen molar-refractivity contribution >= 4 is 21.9 Å². The Hall–Kier alpha value is -0.940. The summed E-state index contributed by atoms with van der Waals surface area (Å²) in [6.07, 6.45) is -0.681. The maximum absolute atomic E-state index is 13.3. The Labute approximate surface area is 108 Å². The Bertz CT molecular complexity index is 409. The lowest BCUT2D eigenvalue weighted by molar-refractivity contribution is -0.145. The molecule has 17 heavy (non-hydrogen) atoms. The number of carbonyl (C=O) groups is 1. The highest BCUT2D eigenvalue weighted by Crippen LogP contribution is 2.25. The van der Waals surface area contributed by atoms with Gasteiger partial charge in [-0.1, -0.05) is 13.0 Å². The number of ether oxygens (including phenoxy) is 1. The second kappa shape index (κ2) is 6.12. The minimum atomic E-state index is -0.883. The van der Waals surface area contributed by atoms with Crippen molar-refractivity contribution < 1.29 is 19.0 Å². The Morgan fingerprint density at radius 3 is 2.76 bits per heavy atom. The molecule has 0 bridgehead atoms. The lowest BCUT2D eigenvalue weighted by atomic mass is 9.98. The smallest absolute Gasteiger partial charge is 0.308 e. The van der Waals surface area contributed by atoms with Crippen molar-refractivity contribution in [2.75, 3.05) is 7.11 Å². The monoisotopic (exact) mass is 304 g/mol. The molecule has 1 N–H and O–H groups in total. The average Bonchev–Trinajstić information content (AvgIpc) is 2.31. The van der Waals surface area contributed by atoms with E-state index in [1.807, 2.05) is 0 Å². The van der Waals surface area contributed by atoms with Gasteiger partial charge in [-0.05, 0) is 40.0 Å². The molecule has 94 valence electrons. The van der Waals surface area contributed by atoms with Crippen LogP contribution in [0.4, 0.5) is 4.39 Å². The molecule has 0 aliphatic carbocycles. The summed E-state index contributed by atoms with van der Waals surface area (Å²) >= 11 is 3.03. The van der Waals surface area contributed by atoms with E-state index in [0.717, 1.165) is 0 Å². The van der Waals surface area contributed by atoms with E-state index < -0.39 is 17.8 Å². The van der Waals surface area contributed by atoms with Crippen LogP contribution in [0.25, 0.3) is 0 Å². The summed E-state index contributed by atoms with van der Waals surface area (Å²) < 4.78 is 18.2.